The van der Waals surface area contributed by atoms with E-state index < -0.39 is 10.0 Å². The summed E-state index contributed by atoms with van der Waals surface area (Å²) in [5.41, 5.74) is 0. The van der Waals surface area contributed by atoms with Gasteiger partial charge in [0.1, 0.15) is 5.82 Å². The Bertz CT molecular complexity index is 667. The van der Waals surface area contributed by atoms with Crippen LogP contribution < -0.4 is 10.0 Å². The van der Waals surface area contributed by atoms with Crippen LogP contribution in [0.2, 0.25) is 0 Å². The minimum atomic E-state index is -3.68. The monoisotopic (exact) mass is 407 g/mol. The summed E-state index contributed by atoms with van der Waals surface area (Å²) < 4.78 is 28.6. The third-order valence-corrected chi connectivity index (χ3v) is 5.86. The molecule has 0 saturated carbocycles. The van der Waals surface area contributed by atoms with Gasteiger partial charge in [0.05, 0.1) is 0 Å². The number of aryl methyl sites for hydroxylation is 2. The Balaban J connectivity index is 0.00000338. The molecule has 1 aliphatic rings. The fourth-order valence-corrected chi connectivity index (χ4v) is 4.10. The van der Waals surface area contributed by atoms with Crippen molar-refractivity contribution in [2.24, 2.45) is 7.05 Å². The van der Waals surface area contributed by atoms with E-state index in [9.17, 15) is 13.2 Å². The highest BCUT2D eigenvalue weighted by atomic mass is 35.5. The zero-order valence-electron chi connectivity index (χ0n) is 15.7. The van der Waals surface area contributed by atoms with Crippen LogP contribution >= 0.6 is 12.4 Å². The van der Waals surface area contributed by atoms with Gasteiger partial charge in [-0.05, 0) is 39.3 Å². The maximum atomic E-state index is 12.6. The second-order valence-corrected chi connectivity index (χ2v) is 8.17. The van der Waals surface area contributed by atoms with Gasteiger partial charge in [-0.1, -0.05) is 6.92 Å². The maximum absolute atomic E-state index is 12.6. The van der Waals surface area contributed by atoms with Crippen molar-refractivity contribution in [3.63, 3.8) is 0 Å². The van der Waals surface area contributed by atoms with Crippen LogP contribution in [-0.2, 0) is 21.9 Å². The number of carbonyl (C=O) groups excluding carboxylic acids is 1. The normalized spacial score (nSPS) is 15.5. The van der Waals surface area contributed by atoms with Crippen molar-refractivity contribution in [3.05, 3.63) is 12.0 Å². The van der Waals surface area contributed by atoms with Gasteiger partial charge < -0.3 is 14.8 Å². The SMILES string of the molecule is CCCN(C(=O)CCNS(=O)(=O)c1cn(C)c(C)n1)C1CCNCC1.Cl. The van der Waals surface area contributed by atoms with Crippen molar-refractivity contribution in [2.75, 3.05) is 26.2 Å². The lowest BCUT2D eigenvalue weighted by molar-refractivity contribution is -0.133. The summed E-state index contributed by atoms with van der Waals surface area (Å²) in [5, 5.41) is 3.29. The van der Waals surface area contributed by atoms with Crippen molar-refractivity contribution in [1.82, 2.24) is 24.5 Å². The number of halogens is 1. The summed E-state index contributed by atoms with van der Waals surface area (Å²) in [5.74, 6) is 0.630. The van der Waals surface area contributed by atoms with Gasteiger partial charge in [0, 0.05) is 38.8 Å². The van der Waals surface area contributed by atoms with Gasteiger partial charge in [0.2, 0.25) is 5.91 Å². The van der Waals surface area contributed by atoms with Crippen LogP contribution in [0.25, 0.3) is 0 Å². The number of carbonyl (C=O) groups is 1. The van der Waals surface area contributed by atoms with Crippen molar-refractivity contribution >= 4 is 28.3 Å². The second-order valence-electron chi connectivity index (χ2n) is 6.45. The number of hydrogen-bond donors (Lipinski definition) is 2. The zero-order valence-corrected chi connectivity index (χ0v) is 17.3. The lowest BCUT2D eigenvalue weighted by Gasteiger charge is -2.34. The standard InChI is InChI=1S/C16H29N5O3S.ClH/c1-4-11-21(14-5-8-17-9-6-14)16(22)7-10-18-25(23,24)15-12-20(3)13(2)19-15;/h12,14,17-18H,4-11H2,1-3H3;1H. The first-order valence-corrected chi connectivity index (χ1v) is 10.3. The zero-order chi connectivity index (χ0) is 18.4. The lowest BCUT2D eigenvalue weighted by Crippen LogP contribution is -2.47. The van der Waals surface area contributed by atoms with E-state index in [0.29, 0.717) is 5.82 Å². The fraction of sp³-hybridized carbons (Fsp3) is 0.750. The Morgan fingerprint density at radius 3 is 2.62 bits per heavy atom. The maximum Gasteiger partial charge on any atom is 0.259 e. The number of amides is 1. The molecular formula is C16H30ClN5O3S. The number of piperidine rings is 1. The van der Waals surface area contributed by atoms with E-state index in [1.807, 2.05) is 11.8 Å². The third kappa shape index (κ3) is 5.94. The van der Waals surface area contributed by atoms with Crippen LogP contribution in [0.15, 0.2) is 11.2 Å². The summed E-state index contributed by atoms with van der Waals surface area (Å²) in [6, 6.07) is 0.253. The van der Waals surface area contributed by atoms with Crippen molar-refractivity contribution in [2.45, 2.75) is 50.6 Å². The van der Waals surface area contributed by atoms with E-state index in [4.69, 9.17) is 0 Å². The van der Waals surface area contributed by atoms with Crippen molar-refractivity contribution in [3.8, 4) is 0 Å². The molecule has 0 radical (unpaired) electrons. The average Bonchev–Trinajstić information content (AvgIpc) is 2.93. The van der Waals surface area contributed by atoms with E-state index in [2.05, 4.69) is 15.0 Å². The number of nitrogens with one attached hydrogen (secondary N) is 2. The van der Waals surface area contributed by atoms with E-state index in [1.54, 1.807) is 18.5 Å². The first kappa shape index (κ1) is 22.9. The third-order valence-electron chi connectivity index (χ3n) is 4.53. The molecule has 1 aliphatic heterocycles. The van der Waals surface area contributed by atoms with Crippen LogP contribution in [0.1, 0.15) is 38.4 Å². The molecule has 2 N–H and O–H groups in total. The molecule has 26 heavy (non-hydrogen) atoms. The summed E-state index contributed by atoms with van der Waals surface area (Å²) in [4.78, 5) is 18.5. The summed E-state index contributed by atoms with van der Waals surface area (Å²) >= 11 is 0. The highest BCUT2D eigenvalue weighted by molar-refractivity contribution is 7.89. The van der Waals surface area contributed by atoms with Gasteiger partial charge in [0.15, 0.2) is 5.03 Å². The molecule has 1 aromatic rings. The quantitative estimate of drug-likeness (QED) is 0.664. The van der Waals surface area contributed by atoms with Gasteiger partial charge in [-0.15, -0.1) is 12.4 Å². The minimum Gasteiger partial charge on any atom is -0.340 e. The van der Waals surface area contributed by atoms with Gasteiger partial charge in [0.25, 0.3) is 10.0 Å². The van der Waals surface area contributed by atoms with Crippen LogP contribution in [0.3, 0.4) is 0 Å². The highest BCUT2D eigenvalue weighted by Gasteiger charge is 2.25. The van der Waals surface area contributed by atoms with Gasteiger partial charge in [-0.25, -0.2) is 18.1 Å². The molecule has 2 heterocycles. The molecule has 0 unspecified atom stereocenters. The Hall–Kier alpha value is -1.16. The number of sulfonamides is 1. The van der Waals surface area contributed by atoms with Gasteiger partial charge >= 0.3 is 0 Å². The minimum absolute atomic E-state index is 0. The van der Waals surface area contributed by atoms with E-state index >= 15 is 0 Å². The molecule has 150 valence electrons. The Morgan fingerprint density at radius 2 is 2.08 bits per heavy atom. The molecule has 8 nitrogen and oxygen atoms in total. The first-order chi connectivity index (χ1) is 11.8. The molecular weight excluding hydrogens is 378 g/mol. The topological polar surface area (TPSA) is 96.3 Å². The lowest BCUT2D eigenvalue weighted by atomic mass is 10.0. The van der Waals surface area contributed by atoms with Crippen LogP contribution in [-0.4, -0.2) is 61.0 Å². The molecule has 1 saturated heterocycles. The molecule has 10 heteroatoms. The number of aromatic nitrogens is 2. The molecule has 0 bridgehead atoms. The summed E-state index contributed by atoms with van der Waals surface area (Å²) in [6.45, 7) is 6.43. The Morgan fingerprint density at radius 1 is 1.42 bits per heavy atom. The largest absolute Gasteiger partial charge is 0.340 e. The summed E-state index contributed by atoms with van der Waals surface area (Å²) in [6.07, 6.45) is 4.43. The van der Waals surface area contributed by atoms with E-state index in [0.717, 1.165) is 38.9 Å². The number of nitrogens with zero attached hydrogens (tertiary/aromatic N) is 3. The smallest absolute Gasteiger partial charge is 0.259 e. The Labute approximate surface area is 162 Å². The molecule has 2 rings (SSSR count). The van der Waals surface area contributed by atoms with Crippen LogP contribution in [0.4, 0.5) is 0 Å². The molecule has 0 atom stereocenters. The van der Waals surface area contributed by atoms with E-state index in [1.165, 1.54) is 6.20 Å². The van der Waals surface area contributed by atoms with Gasteiger partial charge in [-0.2, -0.15) is 0 Å². The van der Waals surface area contributed by atoms with Crippen LogP contribution in [0, 0.1) is 6.92 Å². The number of rotatable bonds is 8. The highest BCUT2D eigenvalue weighted by Crippen LogP contribution is 2.14. The molecule has 1 fully saturated rings. The molecule has 0 spiro atoms. The second kappa shape index (κ2) is 10.2. The predicted octanol–water partition coefficient (Wildman–Crippen LogP) is 0.809. The molecule has 0 aromatic carbocycles. The molecule has 1 amide bonds. The predicted molar refractivity (Wildman–Crippen MR) is 103 cm³/mol. The fourth-order valence-electron chi connectivity index (χ4n) is 3.04. The Kier molecular flexibility index (Phi) is 9.02. The van der Waals surface area contributed by atoms with Crippen LogP contribution in [0.5, 0.6) is 0 Å². The summed E-state index contributed by atoms with van der Waals surface area (Å²) in [7, 11) is -1.94. The number of hydrogen-bond acceptors (Lipinski definition) is 5. The molecule has 1 aromatic heterocycles. The van der Waals surface area contributed by atoms with Crippen molar-refractivity contribution < 1.29 is 13.2 Å². The average molecular weight is 408 g/mol. The van der Waals surface area contributed by atoms with Gasteiger partial charge in [-0.3, -0.25) is 4.79 Å². The first-order valence-electron chi connectivity index (χ1n) is 8.85. The number of imidazole rings is 1. The van der Waals surface area contributed by atoms with E-state index in [-0.39, 0.29) is 42.3 Å². The van der Waals surface area contributed by atoms with Crippen molar-refractivity contribution in [1.29, 1.82) is 0 Å². The molecule has 0 aliphatic carbocycles.